The first kappa shape index (κ1) is 22.3. The highest BCUT2D eigenvalue weighted by molar-refractivity contribution is 7.89. The molecule has 1 amide bonds. The average molecular weight is 430 g/mol. The van der Waals surface area contributed by atoms with Gasteiger partial charge in [-0.25, -0.2) is 8.42 Å². The van der Waals surface area contributed by atoms with Crippen LogP contribution in [0.1, 0.15) is 37.8 Å². The van der Waals surface area contributed by atoms with Crippen molar-refractivity contribution in [3.8, 4) is 0 Å². The zero-order valence-corrected chi connectivity index (χ0v) is 18.8. The average Bonchev–Trinajstić information content (AvgIpc) is 3.25. The maximum atomic E-state index is 13.0. The standard InChI is InChI=1S/C23H31N3O3S/c1-4-26(5-2)30(28,29)20-12-13-22(25-14-8-9-15-25)21(17-20)24-23(27)16-19-11-7-6-10-18(19)3/h6-7,10-13,17H,4-5,8-9,14-16H2,1-3H3,(H,24,27). The number of nitrogens with zero attached hydrogens (tertiary/aromatic N) is 2. The van der Waals surface area contributed by atoms with E-state index in [0.717, 1.165) is 42.7 Å². The SMILES string of the molecule is CCN(CC)S(=O)(=O)c1ccc(N2CCCC2)c(NC(=O)Cc2ccccc2C)c1. The van der Waals surface area contributed by atoms with Crippen molar-refractivity contribution >= 4 is 27.3 Å². The lowest BCUT2D eigenvalue weighted by Gasteiger charge is -2.24. The number of sulfonamides is 1. The van der Waals surface area contributed by atoms with Crippen molar-refractivity contribution < 1.29 is 13.2 Å². The Labute approximate surface area is 179 Å². The highest BCUT2D eigenvalue weighted by Gasteiger charge is 2.25. The van der Waals surface area contributed by atoms with Gasteiger partial charge in [-0.05, 0) is 49.1 Å². The Bertz CT molecular complexity index is 995. The van der Waals surface area contributed by atoms with Crippen molar-refractivity contribution in [3.05, 3.63) is 53.6 Å². The quantitative estimate of drug-likeness (QED) is 0.693. The van der Waals surface area contributed by atoms with E-state index in [9.17, 15) is 13.2 Å². The number of nitrogens with one attached hydrogen (secondary N) is 1. The van der Waals surface area contributed by atoms with E-state index in [1.807, 2.05) is 51.1 Å². The maximum Gasteiger partial charge on any atom is 0.243 e. The van der Waals surface area contributed by atoms with Crippen molar-refractivity contribution in [2.45, 2.75) is 44.9 Å². The zero-order valence-electron chi connectivity index (χ0n) is 18.0. The second-order valence-corrected chi connectivity index (χ2v) is 9.55. The molecule has 0 atom stereocenters. The Morgan fingerprint density at radius 1 is 1.07 bits per heavy atom. The van der Waals surface area contributed by atoms with Crippen molar-refractivity contribution in [1.29, 1.82) is 0 Å². The molecule has 1 heterocycles. The van der Waals surface area contributed by atoms with Crippen molar-refractivity contribution in [2.24, 2.45) is 0 Å². The number of amides is 1. The molecule has 6 nitrogen and oxygen atoms in total. The predicted octanol–water partition coefficient (Wildman–Crippen LogP) is 3.81. The second-order valence-electron chi connectivity index (χ2n) is 7.61. The maximum absolute atomic E-state index is 13.0. The summed E-state index contributed by atoms with van der Waals surface area (Å²) in [6.07, 6.45) is 2.44. The fourth-order valence-corrected chi connectivity index (χ4v) is 5.38. The van der Waals surface area contributed by atoms with Crippen LogP contribution in [-0.4, -0.2) is 44.8 Å². The van der Waals surface area contributed by atoms with Crippen LogP contribution in [-0.2, 0) is 21.2 Å². The largest absolute Gasteiger partial charge is 0.370 e. The molecular formula is C23H31N3O3S. The molecule has 0 aliphatic carbocycles. The summed E-state index contributed by atoms with van der Waals surface area (Å²) in [4.78, 5) is 15.2. The number of rotatable bonds is 8. The lowest BCUT2D eigenvalue weighted by molar-refractivity contribution is -0.115. The van der Waals surface area contributed by atoms with Crippen molar-refractivity contribution in [2.75, 3.05) is 36.4 Å². The van der Waals surface area contributed by atoms with E-state index >= 15 is 0 Å². The predicted molar refractivity (Wildman–Crippen MR) is 122 cm³/mol. The van der Waals surface area contributed by atoms with E-state index in [2.05, 4.69) is 10.2 Å². The molecule has 7 heteroatoms. The molecule has 0 bridgehead atoms. The van der Waals surface area contributed by atoms with Gasteiger partial charge in [-0.1, -0.05) is 38.1 Å². The first-order chi connectivity index (χ1) is 14.4. The summed E-state index contributed by atoms with van der Waals surface area (Å²) in [6, 6.07) is 12.9. The fourth-order valence-electron chi connectivity index (χ4n) is 3.90. The lowest BCUT2D eigenvalue weighted by atomic mass is 10.1. The molecule has 0 radical (unpaired) electrons. The molecule has 162 valence electrons. The first-order valence-corrected chi connectivity index (χ1v) is 12.0. The molecule has 30 heavy (non-hydrogen) atoms. The monoisotopic (exact) mass is 429 g/mol. The van der Waals surface area contributed by atoms with Crippen LogP contribution >= 0.6 is 0 Å². The summed E-state index contributed by atoms with van der Waals surface area (Å²) in [5, 5.41) is 2.99. The van der Waals surface area contributed by atoms with Crippen LogP contribution < -0.4 is 10.2 Å². The first-order valence-electron chi connectivity index (χ1n) is 10.6. The van der Waals surface area contributed by atoms with Gasteiger partial charge in [0, 0.05) is 26.2 Å². The Morgan fingerprint density at radius 3 is 2.37 bits per heavy atom. The van der Waals surface area contributed by atoms with Gasteiger partial charge in [0.05, 0.1) is 22.7 Å². The molecular weight excluding hydrogens is 398 g/mol. The normalized spacial score (nSPS) is 14.3. The molecule has 2 aromatic rings. The van der Waals surface area contributed by atoms with E-state index in [1.54, 1.807) is 12.1 Å². The molecule has 0 aromatic heterocycles. The Kier molecular flexibility index (Phi) is 7.15. The zero-order chi connectivity index (χ0) is 21.7. The van der Waals surface area contributed by atoms with Gasteiger partial charge in [-0.2, -0.15) is 4.31 Å². The van der Waals surface area contributed by atoms with Gasteiger partial charge in [0.2, 0.25) is 15.9 Å². The van der Waals surface area contributed by atoms with Crippen LogP contribution in [0.4, 0.5) is 11.4 Å². The van der Waals surface area contributed by atoms with Crippen molar-refractivity contribution in [3.63, 3.8) is 0 Å². The molecule has 1 aliphatic heterocycles. The van der Waals surface area contributed by atoms with Crippen molar-refractivity contribution in [1.82, 2.24) is 4.31 Å². The van der Waals surface area contributed by atoms with Crippen LogP contribution in [0, 0.1) is 6.92 Å². The number of aryl methyl sites for hydroxylation is 1. The summed E-state index contributed by atoms with van der Waals surface area (Å²) in [5.74, 6) is -0.151. The van der Waals surface area contributed by atoms with E-state index < -0.39 is 10.0 Å². The summed E-state index contributed by atoms with van der Waals surface area (Å²) < 4.78 is 27.4. The van der Waals surface area contributed by atoms with Crippen LogP contribution in [0.15, 0.2) is 47.4 Å². The third kappa shape index (κ3) is 4.84. The summed E-state index contributed by atoms with van der Waals surface area (Å²) in [7, 11) is -3.60. The molecule has 1 aliphatic rings. The minimum absolute atomic E-state index is 0.151. The summed E-state index contributed by atoms with van der Waals surface area (Å²) in [5.41, 5.74) is 3.46. The molecule has 0 spiro atoms. The second kappa shape index (κ2) is 9.62. The fraction of sp³-hybridized carbons (Fsp3) is 0.435. The van der Waals surface area contributed by atoms with Gasteiger partial charge < -0.3 is 10.2 Å². The van der Waals surface area contributed by atoms with Gasteiger partial charge in [-0.3, -0.25) is 4.79 Å². The van der Waals surface area contributed by atoms with Crippen LogP contribution in [0.2, 0.25) is 0 Å². The van der Waals surface area contributed by atoms with Gasteiger partial charge >= 0.3 is 0 Å². The minimum Gasteiger partial charge on any atom is -0.370 e. The number of carbonyl (C=O) groups excluding carboxylic acids is 1. The molecule has 2 aromatic carbocycles. The highest BCUT2D eigenvalue weighted by atomic mass is 32.2. The number of anilines is 2. The van der Waals surface area contributed by atoms with Gasteiger partial charge in [-0.15, -0.1) is 0 Å². The van der Waals surface area contributed by atoms with E-state index in [-0.39, 0.29) is 17.2 Å². The Hall–Kier alpha value is -2.38. The number of carbonyl (C=O) groups is 1. The minimum atomic E-state index is -3.60. The Morgan fingerprint density at radius 2 is 1.73 bits per heavy atom. The van der Waals surface area contributed by atoms with E-state index in [1.165, 1.54) is 4.31 Å². The molecule has 0 unspecified atom stereocenters. The molecule has 1 fully saturated rings. The van der Waals surface area contributed by atoms with Crippen LogP contribution in [0.25, 0.3) is 0 Å². The summed E-state index contributed by atoms with van der Waals surface area (Å²) >= 11 is 0. The van der Waals surface area contributed by atoms with Gasteiger partial charge in [0.25, 0.3) is 0 Å². The topological polar surface area (TPSA) is 69.7 Å². The number of hydrogen-bond acceptors (Lipinski definition) is 4. The lowest BCUT2D eigenvalue weighted by Crippen LogP contribution is -2.31. The van der Waals surface area contributed by atoms with Crippen LogP contribution in [0.5, 0.6) is 0 Å². The van der Waals surface area contributed by atoms with Crippen LogP contribution in [0.3, 0.4) is 0 Å². The molecule has 3 rings (SSSR count). The van der Waals surface area contributed by atoms with Gasteiger partial charge in [0.1, 0.15) is 0 Å². The molecule has 1 saturated heterocycles. The number of hydrogen-bond donors (Lipinski definition) is 1. The number of benzene rings is 2. The smallest absolute Gasteiger partial charge is 0.243 e. The van der Waals surface area contributed by atoms with E-state index in [0.29, 0.717) is 18.8 Å². The third-order valence-corrected chi connectivity index (χ3v) is 7.69. The Balaban J connectivity index is 1.93. The molecule has 0 saturated carbocycles. The highest BCUT2D eigenvalue weighted by Crippen LogP contribution is 2.32. The van der Waals surface area contributed by atoms with E-state index in [4.69, 9.17) is 0 Å². The third-order valence-electron chi connectivity index (χ3n) is 5.64. The van der Waals surface area contributed by atoms with Gasteiger partial charge in [0.15, 0.2) is 0 Å². The molecule has 1 N–H and O–H groups in total. The summed E-state index contributed by atoms with van der Waals surface area (Å²) in [6.45, 7) is 8.25.